The standard InChI is InChI=1S/C26H15ClN2/c27-22-15-23-21(14-17-10-4-5-11-18(17)22)24-19-12-6-7-13-20(19)25(29-26(24)28-23)16-8-2-1-3-9-16/h1-15H. The van der Waals surface area contributed by atoms with Gasteiger partial charge < -0.3 is 0 Å². The van der Waals surface area contributed by atoms with Crippen LogP contribution in [0.4, 0.5) is 0 Å². The van der Waals surface area contributed by atoms with Crippen LogP contribution in [-0.4, -0.2) is 9.97 Å². The van der Waals surface area contributed by atoms with Crippen molar-refractivity contribution in [2.75, 3.05) is 0 Å². The summed E-state index contributed by atoms with van der Waals surface area (Å²) in [7, 11) is 0. The van der Waals surface area contributed by atoms with Crippen molar-refractivity contribution in [3.05, 3.63) is 96.0 Å². The number of benzene rings is 3. The number of hydrogen-bond acceptors (Lipinski definition) is 2. The van der Waals surface area contributed by atoms with Gasteiger partial charge in [-0.15, -0.1) is 0 Å². The Bertz CT molecular complexity index is 1510. The summed E-state index contributed by atoms with van der Waals surface area (Å²) in [6, 6.07) is 31.0. The zero-order chi connectivity index (χ0) is 19.4. The molecule has 136 valence electrons. The first-order chi connectivity index (χ1) is 14.3. The Labute approximate surface area is 172 Å². The summed E-state index contributed by atoms with van der Waals surface area (Å²) in [6.45, 7) is 0. The lowest BCUT2D eigenvalue weighted by Crippen LogP contribution is -1.88. The van der Waals surface area contributed by atoms with Gasteiger partial charge in [0.15, 0.2) is 5.65 Å². The molecule has 29 heavy (non-hydrogen) atoms. The molecule has 1 aromatic heterocycles. The predicted molar refractivity (Wildman–Crippen MR) is 122 cm³/mol. The lowest BCUT2D eigenvalue weighted by molar-refractivity contribution is 1.34. The van der Waals surface area contributed by atoms with E-state index in [0.717, 1.165) is 55.1 Å². The summed E-state index contributed by atoms with van der Waals surface area (Å²) in [6.07, 6.45) is 0. The molecule has 0 spiro atoms. The minimum absolute atomic E-state index is 0.700. The van der Waals surface area contributed by atoms with E-state index in [9.17, 15) is 0 Å². The summed E-state index contributed by atoms with van der Waals surface area (Å²) >= 11 is 6.63. The molecule has 3 aromatic carbocycles. The maximum atomic E-state index is 6.63. The van der Waals surface area contributed by atoms with E-state index in [2.05, 4.69) is 48.5 Å². The third-order valence-corrected chi connectivity index (χ3v) is 5.81. The maximum absolute atomic E-state index is 6.63. The third-order valence-electron chi connectivity index (χ3n) is 5.49. The molecule has 0 atom stereocenters. The molecule has 0 radical (unpaired) electrons. The van der Waals surface area contributed by atoms with Gasteiger partial charge in [0, 0.05) is 27.3 Å². The zero-order valence-electron chi connectivity index (χ0n) is 15.4. The second kappa shape index (κ2) is 6.26. The highest BCUT2D eigenvalue weighted by Gasteiger charge is 2.19. The number of fused-ring (bicyclic) bond motifs is 6. The smallest absolute Gasteiger partial charge is 0.161 e. The summed E-state index contributed by atoms with van der Waals surface area (Å²) in [5.74, 6) is 0. The minimum Gasteiger partial charge on any atom is -0.228 e. The van der Waals surface area contributed by atoms with Gasteiger partial charge >= 0.3 is 0 Å². The Morgan fingerprint density at radius 3 is 2.14 bits per heavy atom. The Hall–Kier alpha value is -3.49. The van der Waals surface area contributed by atoms with Crippen LogP contribution in [0.5, 0.6) is 0 Å². The quantitative estimate of drug-likeness (QED) is 0.293. The summed E-state index contributed by atoms with van der Waals surface area (Å²) in [5.41, 5.74) is 4.74. The Balaban J connectivity index is 1.81. The topological polar surface area (TPSA) is 25.8 Å². The highest BCUT2D eigenvalue weighted by molar-refractivity contribution is 6.36. The van der Waals surface area contributed by atoms with Crippen LogP contribution >= 0.6 is 11.6 Å². The van der Waals surface area contributed by atoms with Crippen molar-refractivity contribution in [2.45, 2.75) is 0 Å². The predicted octanol–water partition coefficient (Wildman–Crippen LogP) is 7.36. The number of pyridine rings is 1. The van der Waals surface area contributed by atoms with Crippen molar-refractivity contribution in [3.63, 3.8) is 0 Å². The fourth-order valence-corrected chi connectivity index (χ4v) is 4.44. The number of hydrogen-bond donors (Lipinski definition) is 0. The SMILES string of the molecule is Clc1cc2nc3nc(-c4ccccc4)c4ccccc4c3c-2cc2ccccc12. The highest BCUT2D eigenvalue weighted by Crippen LogP contribution is 2.40. The molecule has 1 aliphatic carbocycles. The van der Waals surface area contributed by atoms with E-state index in [-0.39, 0.29) is 0 Å². The second-order valence-corrected chi connectivity index (χ2v) is 7.61. The summed E-state index contributed by atoms with van der Waals surface area (Å²) in [5, 5.41) is 6.18. The lowest BCUT2D eigenvalue weighted by atomic mass is 9.99. The van der Waals surface area contributed by atoms with Crippen molar-refractivity contribution < 1.29 is 0 Å². The molecule has 0 amide bonds. The minimum atomic E-state index is 0.700. The van der Waals surface area contributed by atoms with Crippen molar-refractivity contribution in [1.82, 2.24) is 9.97 Å². The molecule has 0 saturated carbocycles. The van der Waals surface area contributed by atoms with Crippen LogP contribution in [0.1, 0.15) is 0 Å². The Morgan fingerprint density at radius 2 is 1.31 bits per heavy atom. The van der Waals surface area contributed by atoms with E-state index in [1.165, 1.54) is 0 Å². The zero-order valence-corrected chi connectivity index (χ0v) is 16.2. The fraction of sp³-hybridized carbons (Fsp3) is 0. The average Bonchev–Trinajstić information content (AvgIpc) is 3.04. The van der Waals surface area contributed by atoms with E-state index in [4.69, 9.17) is 21.6 Å². The van der Waals surface area contributed by atoms with Crippen LogP contribution in [0.3, 0.4) is 0 Å². The maximum Gasteiger partial charge on any atom is 0.161 e. The van der Waals surface area contributed by atoms with Crippen LogP contribution in [-0.2, 0) is 0 Å². The van der Waals surface area contributed by atoms with E-state index in [1.807, 2.05) is 42.5 Å². The second-order valence-electron chi connectivity index (χ2n) is 7.21. The fourth-order valence-electron chi connectivity index (χ4n) is 4.16. The summed E-state index contributed by atoms with van der Waals surface area (Å²) < 4.78 is 0. The van der Waals surface area contributed by atoms with Crippen molar-refractivity contribution >= 4 is 44.2 Å². The first-order valence-electron chi connectivity index (χ1n) is 9.55. The van der Waals surface area contributed by atoms with Gasteiger partial charge in [0.25, 0.3) is 0 Å². The molecule has 0 unspecified atom stereocenters. The average molecular weight is 391 g/mol. The summed E-state index contributed by atoms with van der Waals surface area (Å²) in [4.78, 5) is 9.87. The molecule has 4 aromatic rings. The first-order valence-corrected chi connectivity index (χ1v) is 9.93. The first kappa shape index (κ1) is 16.5. The van der Waals surface area contributed by atoms with Gasteiger partial charge in [0.2, 0.25) is 0 Å². The van der Waals surface area contributed by atoms with Crippen LogP contribution in [0.15, 0.2) is 91.0 Å². The van der Waals surface area contributed by atoms with Gasteiger partial charge in [-0.25, -0.2) is 9.97 Å². The normalized spacial score (nSPS) is 11.6. The molecular formula is C26H15ClN2. The van der Waals surface area contributed by atoms with Gasteiger partial charge in [0.1, 0.15) is 0 Å². The number of halogens is 1. The van der Waals surface area contributed by atoms with E-state index < -0.39 is 0 Å². The molecular weight excluding hydrogens is 376 g/mol. The van der Waals surface area contributed by atoms with E-state index in [1.54, 1.807) is 0 Å². The van der Waals surface area contributed by atoms with Crippen molar-refractivity contribution in [2.24, 2.45) is 0 Å². The van der Waals surface area contributed by atoms with Crippen LogP contribution in [0, 0.1) is 0 Å². The lowest BCUT2D eigenvalue weighted by Gasteiger charge is -2.07. The molecule has 0 N–H and O–H groups in total. The molecule has 2 nitrogen and oxygen atoms in total. The van der Waals surface area contributed by atoms with E-state index >= 15 is 0 Å². The van der Waals surface area contributed by atoms with Crippen LogP contribution < -0.4 is 0 Å². The Kier molecular flexibility index (Phi) is 3.56. The number of aromatic nitrogens is 2. The number of nitrogens with zero attached hydrogens (tertiary/aromatic N) is 2. The molecule has 3 heteroatoms. The molecule has 2 aliphatic rings. The molecule has 1 aliphatic heterocycles. The van der Waals surface area contributed by atoms with Crippen molar-refractivity contribution in [3.8, 4) is 22.5 Å². The van der Waals surface area contributed by atoms with Gasteiger partial charge in [-0.1, -0.05) is 90.5 Å². The van der Waals surface area contributed by atoms with Crippen molar-refractivity contribution in [1.29, 1.82) is 0 Å². The number of rotatable bonds is 1. The third kappa shape index (κ3) is 2.50. The largest absolute Gasteiger partial charge is 0.228 e. The van der Waals surface area contributed by atoms with Gasteiger partial charge in [-0.05, 0) is 22.9 Å². The van der Waals surface area contributed by atoms with Crippen LogP contribution in [0.25, 0.3) is 55.1 Å². The highest BCUT2D eigenvalue weighted by atomic mass is 35.5. The molecule has 2 heterocycles. The molecule has 0 bridgehead atoms. The van der Waals surface area contributed by atoms with Gasteiger partial charge in [-0.2, -0.15) is 0 Å². The monoisotopic (exact) mass is 390 g/mol. The van der Waals surface area contributed by atoms with Gasteiger partial charge in [-0.3, -0.25) is 0 Å². The molecule has 0 fully saturated rings. The Morgan fingerprint density at radius 1 is 0.621 bits per heavy atom. The molecule has 0 saturated heterocycles. The molecule has 6 rings (SSSR count). The van der Waals surface area contributed by atoms with Crippen LogP contribution in [0.2, 0.25) is 5.02 Å². The van der Waals surface area contributed by atoms with E-state index in [0.29, 0.717) is 5.02 Å². The van der Waals surface area contributed by atoms with Gasteiger partial charge in [0.05, 0.1) is 16.4 Å².